The van der Waals surface area contributed by atoms with Crippen LogP contribution >= 0.6 is 12.8 Å². The molecule has 0 radical (unpaired) electrons. The van der Waals surface area contributed by atoms with Crippen LogP contribution in [0, 0.1) is 0 Å². The van der Waals surface area contributed by atoms with Crippen molar-refractivity contribution in [3.63, 3.8) is 0 Å². The van der Waals surface area contributed by atoms with Gasteiger partial charge in [-0.25, -0.2) is 9.10 Å². The van der Waals surface area contributed by atoms with Gasteiger partial charge < -0.3 is 15.2 Å². The van der Waals surface area contributed by atoms with Gasteiger partial charge in [0.15, 0.2) is 0 Å². The number of carbonyl (C=O) groups excluding carboxylic acids is 1. The number of hydrogen-bond donors (Lipinski definition) is 2. The standard InChI is InChI=1S/C13H18N4OS/c1-15(2)7-8-16-6-5-10-3-4-11(9-12(10)16)17(19)13(14)18/h3-6,9,19H,7-8H2,1-2H3,(H2,14,18). The number of primary amides is 1. The lowest BCUT2D eigenvalue weighted by atomic mass is 10.2. The average Bonchev–Trinajstić information content (AvgIpc) is 2.77. The van der Waals surface area contributed by atoms with Crippen molar-refractivity contribution in [2.75, 3.05) is 24.9 Å². The fourth-order valence-electron chi connectivity index (χ4n) is 1.93. The number of rotatable bonds is 4. The van der Waals surface area contributed by atoms with E-state index in [1.807, 2.05) is 38.5 Å². The molecule has 0 atom stereocenters. The highest BCUT2D eigenvalue weighted by molar-refractivity contribution is 7.82. The Balaban J connectivity index is 2.34. The Kier molecular flexibility index (Phi) is 4.01. The summed E-state index contributed by atoms with van der Waals surface area (Å²) in [6, 6.07) is 7.18. The molecule has 0 spiro atoms. The van der Waals surface area contributed by atoms with Crippen molar-refractivity contribution in [2.45, 2.75) is 6.54 Å². The lowest BCUT2D eigenvalue weighted by Crippen LogP contribution is -2.27. The third kappa shape index (κ3) is 3.02. The monoisotopic (exact) mass is 278 g/mol. The van der Waals surface area contributed by atoms with E-state index >= 15 is 0 Å². The Labute approximate surface area is 118 Å². The zero-order valence-corrected chi connectivity index (χ0v) is 12.0. The lowest BCUT2D eigenvalue weighted by molar-refractivity contribution is 0.257. The summed E-state index contributed by atoms with van der Waals surface area (Å²) in [5, 5.41) is 1.13. The third-order valence-corrected chi connectivity index (χ3v) is 3.43. The normalized spacial score (nSPS) is 11.2. The maximum atomic E-state index is 11.1. The zero-order chi connectivity index (χ0) is 14.0. The van der Waals surface area contributed by atoms with Gasteiger partial charge in [0.2, 0.25) is 0 Å². The number of amides is 2. The van der Waals surface area contributed by atoms with Crippen LogP contribution in [0.1, 0.15) is 0 Å². The largest absolute Gasteiger partial charge is 0.350 e. The highest BCUT2D eigenvalue weighted by atomic mass is 32.1. The number of benzene rings is 1. The van der Waals surface area contributed by atoms with Crippen LogP contribution in [0.3, 0.4) is 0 Å². The van der Waals surface area contributed by atoms with Crippen LogP contribution in [0.25, 0.3) is 10.9 Å². The first-order valence-electron chi connectivity index (χ1n) is 6.01. The summed E-state index contributed by atoms with van der Waals surface area (Å²) in [5.74, 6) is 0. The van der Waals surface area contributed by atoms with Gasteiger partial charge in [0.1, 0.15) is 0 Å². The molecule has 2 rings (SSSR count). The second kappa shape index (κ2) is 5.54. The Morgan fingerprint density at radius 1 is 1.37 bits per heavy atom. The number of hydrogen-bond acceptors (Lipinski definition) is 3. The summed E-state index contributed by atoms with van der Waals surface area (Å²) in [5.41, 5.74) is 6.96. The quantitative estimate of drug-likeness (QED) is 0.840. The van der Waals surface area contributed by atoms with E-state index in [9.17, 15) is 4.79 Å². The van der Waals surface area contributed by atoms with Gasteiger partial charge in [-0.3, -0.25) is 0 Å². The van der Waals surface area contributed by atoms with Crippen molar-refractivity contribution < 1.29 is 4.79 Å². The highest BCUT2D eigenvalue weighted by Gasteiger charge is 2.10. The van der Waals surface area contributed by atoms with E-state index in [-0.39, 0.29) is 0 Å². The van der Waals surface area contributed by atoms with Crippen LogP contribution in [0.5, 0.6) is 0 Å². The number of urea groups is 1. The number of nitrogens with zero attached hydrogens (tertiary/aromatic N) is 3. The molecule has 6 heteroatoms. The fourth-order valence-corrected chi connectivity index (χ4v) is 2.06. The Hall–Kier alpha value is -1.66. The Morgan fingerprint density at radius 2 is 2.11 bits per heavy atom. The second-order valence-electron chi connectivity index (χ2n) is 4.71. The van der Waals surface area contributed by atoms with Crippen molar-refractivity contribution in [1.29, 1.82) is 0 Å². The first kappa shape index (κ1) is 13.8. The summed E-state index contributed by atoms with van der Waals surface area (Å²) in [7, 11) is 4.08. The van der Waals surface area contributed by atoms with Crippen molar-refractivity contribution in [2.24, 2.45) is 5.73 Å². The first-order valence-corrected chi connectivity index (χ1v) is 6.41. The van der Waals surface area contributed by atoms with Gasteiger partial charge in [-0.05, 0) is 37.7 Å². The van der Waals surface area contributed by atoms with Crippen LogP contribution in [0.15, 0.2) is 30.5 Å². The molecule has 0 unspecified atom stereocenters. The number of fused-ring (bicyclic) bond motifs is 1. The molecule has 1 aromatic heterocycles. The van der Waals surface area contributed by atoms with Gasteiger partial charge in [0, 0.05) is 19.3 Å². The van der Waals surface area contributed by atoms with Gasteiger partial charge in [-0.1, -0.05) is 18.9 Å². The second-order valence-corrected chi connectivity index (χ2v) is 5.11. The molecule has 0 aliphatic rings. The molecule has 0 saturated carbocycles. The van der Waals surface area contributed by atoms with Gasteiger partial charge in [0.25, 0.3) is 0 Å². The topological polar surface area (TPSA) is 54.5 Å². The molecule has 1 aromatic carbocycles. The predicted octanol–water partition coefficient (Wildman–Crippen LogP) is 1.93. The highest BCUT2D eigenvalue weighted by Crippen LogP contribution is 2.24. The van der Waals surface area contributed by atoms with Gasteiger partial charge in [-0.15, -0.1) is 0 Å². The molecule has 2 aromatic rings. The summed E-state index contributed by atoms with van der Waals surface area (Å²) in [4.78, 5) is 13.3. The van der Waals surface area contributed by atoms with E-state index in [1.54, 1.807) is 0 Å². The minimum atomic E-state index is -0.589. The SMILES string of the molecule is CN(C)CCn1ccc2ccc(N(S)C(N)=O)cc21. The molecule has 2 N–H and O–H groups in total. The molecule has 0 aliphatic heterocycles. The molecule has 2 amide bonds. The van der Waals surface area contributed by atoms with E-state index < -0.39 is 6.03 Å². The smallest absolute Gasteiger partial charge is 0.329 e. The van der Waals surface area contributed by atoms with Crippen LogP contribution < -0.4 is 10.0 Å². The van der Waals surface area contributed by atoms with Crippen molar-refractivity contribution in [3.05, 3.63) is 30.5 Å². The molecular weight excluding hydrogens is 260 g/mol. The van der Waals surface area contributed by atoms with E-state index in [0.717, 1.165) is 28.3 Å². The van der Waals surface area contributed by atoms with Gasteiger partial charge in [-0.2, -0.15) is 0 Å². The Bertz CT molecular complexity index is 593. The summed E-state index contributed by atoms with van der Waals surface area (Å²) < 4.78 is 3.30. The Morgan fingerprint density at radius 3 is 2.74 bits per heavy atom. The fraction of sp³-hybridized carbons (Fsp3) is 0.308. The van der Waals surface area contributed by atoms with Crippen LogP contribution in [-0.2, 0) is 6.54 Å². The van der Waals surface area contributed by atoms with E-state index in [2.05, 4.69) is 28.3 Å². The van der Waals surface area contributed by atoms with Crippen LogP contribution in [0.4, 0.5) is 10.5 Å². The number of carbonyl (C=O) groups is 1. The van der Waals surface area contributed by atoms with Gasteiger partial charge >= 0.3 is 6.03 Å². The summed E-state index contributed by atoms with van der Waals surface area (Å²) in [6.07, 6.45) is 2.05. The predicted molar refractivity (Wildman–Crippen MR) is 81.5 cm³/mol. The maximum Gasteiger partial charge on any atom is 0.329 e. The molecule has 0 bridgehead atoms. The molecule has 102 valence electrons. The van der Waals surface area contributed by atoms with E-state index in [0.29, 0.717) is 5.69 Å². The minimum Gasteiger partial charge on any atom is -0.350 e. The third-order valence-electron chi connectivity index (χ3n) is 3.00. The number of thiol groups is 1. The molecule has 1 heterocycles. The molecule has 5 nitrogen and oxygen atoms in total. The average molecular weight is 278 g/mol. The molecule has 19 heavy (non-hydrogen) atoms. The van der Waals surface area contributed by atoms with Crippen LogP contribution in [0.2, 0.25) is 0 Å². The number of nitrogens with two attached hydrogens (primary N) is 1. The van der Waals surface area contributed by atoms with Crippen molar-refractivity contribution in [1.82, 2.24) is 9.47 Å². The molecule has 0 fully saturated rings. The zero-order valence-electron chi connectivity index (χ0n) is 11.1. The van der Waals surface area contributed by atoms with E-state index in [1.165, 1.54) is 0 Å². The number of anilines is 1. The number of aromatic nitrogens is 1. The minimum absolute atomic E-state index is 0.589. The van der Waals surface area contributed by atoms with E-state index in [4.69, 9.17) is 5.73 Å². The summed E-state index contributed by atoms with van der Waals surface area (Å²) in [6.45, 7) is 1.84. The van der Waals surface area contributed by atoms with Crippen molar-refractivity contribution in [3.8, 4) is 0 Å². The maximum absolute atomic E-state index is 11.1. The molecule has 0 saturated heterocycles. The molecule has 0 aliphatic carbocycles. The number of likely N-dealkylation sites (N-methyl/N-ethyl adjacent to an activating group) is 1. The van der Waals surface area contributed by atoms with Crippen LogP contribution in [-0.4, -0.2) is 36.1 Å². The molecular formula is C13H18N4OS. The first-order chi connectivity index (χ1) is 8.99. The van der Waals surface area contributed by atoms with Crippen molar-refractivity contribution >= 4 is 35.4 Å². The lowest BCUT2D eigenvalue weighted by Gasteiger charge is -2.14. The van der Waals surface area contributed by atoms with Gasteiger partial charge in [0.05, 0.1) is 11.2 Å². The summed E-state index contributed by atoms with van der Waals surface area (Å²) >= 11 is 4.08.